The second kappa shape index (κ2) is 6.67. The van der Waals surface area contributed by atoms with Gasteiger partial charge in [-0.05, 0) is 38.8 Å². The third kappa shape index (κ3) is 3.79. The maximum absolute atomic E-state index is 12.9. The summed E-state index contributed by atoms with van der Waals surface area (Å²) in [6, 6.07) is 0. The van der Waals surface area contributed by atoms with Gasteiger partial charge in [-0.15, -0.1) is 0 Å². The van der Waals surface area contributed by atoms with Gasteiger partial charge in [-0.1, -0.05) is 0 Å². The highest BCUT2D eigenvalue weighted by molar-refractivity contribution is 4.96. The number of hydrogen-bond donors (Lipinski definition) is 2. The third-order valence-electron chi connectivity index (χ3n) is 3.18. The van der Waals surface area contributed by atoms with Crippen LogP contribution in [0.15, 0.2) is 0 Å². The lowest BCUT2D eigenvalue weighted by molar-refractivity contribution is -0.446. The van der Waals surface area contributed by atoms with Gasteiger partial charge in [0.1, 0.15) is 0 Å². The van der Waals surface area contributed by atoms with E-state index < -0.39 is 30.3 Å². The van der Waals surface area contributed by atoms with Gasteiger partial charge in [0.2, 0.25) is 0 Å². The summed E-state index contributed by atoms with van der Waals surface area (Å²) in [5.41, 5.74) is 10.5. The number of halogens is 6. The van der Waals surface area contributed by atoms with Crippen molar-refractivity contribution in [1.29, 1.82) is 0 Å². The molecule has 4 N–H and O–H groups in total. The molecule has 21 heavy (non-hydrogen) atoms. The van der Waals surface area contributed by atoms with Gasteiger partial charge in [-0.3, -0.25) is 0 Å². The Morgan fingerprint density at radius 3 is 1.33 bits per heavy atom. The zero-order valence-corrected chi connectivity index (χ0v) is 11.1. The van der Waals surface area contributed by atoms with Crippen LogP contribution in [-0.4, -0.2) is 43.4 Å². The topological polar surface area (TPSA) is 70.5 Å². The van der Waals surface area contributed by atoms with Crippen molar-refractivity contribution in [3.8, 4) is 0 Å². The van der Waals surface area contributed by atoms with Gasteiger partial charge in [0.05, 0.1) is 12.2 Å². The fraction of sp³-hybridized carbons (Fsp3) is 1.00. The fourth-order valence-corrected chi connectivity index (χ4v) is 2.16. The highest BCUT2D eigenvalue weighted by atomic mass is 19.4. The quantitative estimate of drug-likeness (QED) is 0.734. The Bertz CT molecular complexity index is 302. The van der Waals surface area contributed by atoms with Gasteiger partial charge in [0.15, 0.2) is 0 Å². The Hall–Kier alpha value is -0.580. The molecule has 0 aromatic carbocycles. The molecule has 1 heterocycles. The summed E-state index contributed by atoms with van der Waals surface area (Å²) in [5, 5.41) is 0. The molecule has 0 amide bonds. The Balaban J connectivity index is 3.02. The van der Waals surface area contributed by atoms with Gasteiger partial charge in [0.25, 0.3) is 0 Å². The molecule has 1 aliphatic heterocycles. The van der Waals surface area contributed by atoms with Crippen LogP contribution in [0.2, 0.25) is 0 Å². The molecule has 0 aromatic heterocycles. The zero-order valence-electron chi connectivity index (χ0n) is 11.1. The van der Waals surface area contributed by atoms with Crippen molar-refractivity contribution >= 4 is 0 Å². The van der Waals surface area contributed by atoms with Crippen molar-refractivity contribution in [2.24, 2.45) is 11.5 Å². The Labute approximate surface area is 117 Å². The average Bonchev–Trinajstić information content (AvgIpc) is 2.73. The lowest BCUT2D eigenvalue weighted by Gasteiger charge is -2.31. The molecule has 2 unspecified atom stereocenters. The minimum Gasteiger partial charge on any atom is -0.330 e. The Morgan fingerprint density at radius 2 is 1.10 bits per heavy atom. The normalized spacial score (nSPS) is 26.3. The number of rotatable bonds is 6. The fourth-order valence-electron chi connectivity index (χ4n) is 2.16. The molecule has 0 spiro atoms. The molecule has 1 fully saturated rings. The second-order valence-electron chi connectivity index (χ2n) is 4.79. The van der Waals surface area contributed by atoms with Crippen LogP contribution in [0.5, 0.6) is 0 Å². The van der Waals surface area contributed by atoms with Gasteiger partial charge < -0.3 is 20.9 Å². The van der Waals surface area contributed by atoms with Crippen molar-refractivity contribution in [3.05, 3.63) is 0 Å². The van der Waals surface area contributed by atoms with Gasteiger partial charge in [-0.25, -0.2) is 0 Å². The summed E-state index contributed by atoms with van der Waals surface area (Å²) in [4.78, 5) is 0. The molecule has 2 atom stereocenters. The number of ether oxygens (including phenoxy) is 2. The molecule has 0 aromatic rings. The molecule has 10 heteroatoms. The summed E-state index contributed by atoms with van der Waals surface area (Å²) in [6.07, 6.45) is -13.7. The first-order valence-electron chi connectivity index (χ1n) is 6.48. The van der Waals surface area contributed by atoms with E-state index in [0.29, 0.717) is 0 Å². The van der Waals surface area contributed by atoms with E-state index in [4.69, 9.17) is 11.5 Å². The van der Waals surface area contributed by atoms with Crippen molar-refractivity contribution in [2.45, 2.75) is 56.0 Å². The molecule has 1 aliphatic rings. The van der Waals surface area contributed by atoms with Crippen molar-refractivity contribution < 1.29 is 35.8 Å². The Morgan fingerprint density at radius 1 is 0.762 bits per heavy atom. The molecule has 1 rings (SSSR count). The van der Waals surface area contributed by atoms with Crippen LogP contribution in [0, 0.1) is 0 Å². The zero-order chi connectivity index (χ0) is 16.3. The largest absolute Gasteiger partial charge is 0.453 e. The predicted molar refractivity (Wildman–Crippen MR) is 61.2 cm³/mol. The number of alkyl halides is 6. The SMILES string of the molecule is NCCCC1OC(C(F)(F)F)(C(F)(F)F)OC1CCCN. The van der Waals surface area contributed by atoms with E-state index in [0.717, 1.165) is 0 Å². The second-order valence-corrected chi connectivity index (χ2v) is 4.79. The van der Waals surface area contributed by atoms with Crippen LogP contribution in [-0.2, 0) is 9.47 Å². The highest BCUT2D eigenvalue weighted by Crippen LogP contribution is 2.52. The lowest BCUT2D eigenvalue weighted by Crippen LogP contribution is -2.58. The molecule has 126 valence electrons. The molecule has 0 bridgehead atoms. The summed E-state index contributed by atoms with van der Waals surface area (Å²) in [6.45, 7) is 0.267. The first kappa shape index (κ1) is 18.5. The van der Waals surface area contributed by atoms with E-state index in [1.54, 1.807) is 0 Å². The maximum Gasteiger partial charge on any atom is 0.453 e. The highest BCUT2D eigenvalue weighted by Gasteiger charge is 2.78. The molecule has 0 radical (unpaired) electrons. The number of nitrogens with two attached hydrogens (primary N) is 2. The van der Waals surface area contributed by atoms with E-state index in [9.17, 15) is 26.3 Å². The molecule has 4 nitrogen and oxygen atoms in total. The van der Waals surface area contributed by atoms with Crippen molar-refractivity contribution in [2.75, 3.05) is 13.1 Å². The van der Waals surface area contributed by atoms with Crippen LogP contribution in [0.4, 0.5) is 26.3 Å². The van der Waals surface area contributed by atoms with Gasteiger partial charge in [0, 0.05) is 0 Å². The maximum atomic E-state index is 12.9. The lowest BCUT2D eigenvalue weighted by atomic mass is 10.0. The molecular weight excluding hydrogens is 306 g/mol. The molecule has 0 aliphatic carbocycles. The van der Waals surface area contributed by atoms with Crippen molar-refractivity contribution in [3.63, 3.8) is 0 Å². The smallest absolute Gasteiger partial charge is 0.330 e. The molecule has 0 saturated carbocycles. The summed E-state index contributed by atoms with van der Waals surface area (Å²) in [7, 11) is 0. The number of hydrogen-bond acceptors (Lipinski definition) is 4. The monoisotopic (exact) mass is 324 g/mol. The molecular formula is C11H18F6N2O2. The minimum absolute atomic E-state index is 0.0420. The average molecular weight is 324 g/mol. The minimum atomic E-state index is -5.72. The van der Waals surface area contributed by atoms with Crippen LogP contribution in [0.1, 0.15) is 25.7 Å². The van der Waals surface area contributed by atoms with Crippen LogP contribution >= 0.6 is 0 Å². The third-order valence-corrected chi connectivity index (χ3v) is 3.18. The first-order chi connectivity index (χ1) is 9.59. The van der Waals surface area contributed by atoms with E-state index in [1.807, 2.05) is 0 Å². The molecule has 1 saturated heterocycles. The summed E-state index contributed by atoms with van der Waals surface area (Å²) in [5.74, 6) is -4.57. The predicted octanol–water partition coefficient (Wildman–Crippen LogP) is 2.07. The van der Waals surface area contributed by atoms with Gasteiger partial charge in [-0.2, -0.15) is 26.3 Å². The summed E-state index contributed by atoms with van der Waals surface area (Å²) >= 11 is 0. The van der Waals surface area contributed by atoms with E-state index in [2.05, 4.69) is 9.47 Å². The van der Waals surface area contributed by atoms with Crippen LogP contribution in [0.3, 0.4) is 0 Å². The standard InChI is InChI=1S/C11H18F6N2O2/c12-10(13,14)9(11(15,16)17)20-7(3-1-5-18)8(21-9)4-2-6-19/h7-8H,1-6,18-19H2. The van der Waals surface area contributed by atoms with E-state index >= 15 is 0 Å². The Kier molecular flexibility index (Phi) is 5.87. The van der Waals surface area contributed by atoms with Crippen LogP contribution < -0.4 is 11.5 Å². The van der Waals surface area contributed by atoms with Crippen LogP contribution in [0.25, 0.3) is 0 Å². The van der Waals surface area contributed by atoms with Crippen molar-refractivity contribution in [1.82, 2.24) is 0 Å². The summed E-state index contributed by atoms with van der Waals surface area (Å²) < 4.78 is 85.9. The van der Waals surface area contributed by atoms with E-state index in [-0.39, 0.29) is 38.8 Å². The van der Waals surface area contributed by atoms with E-state index in [1.165, 1.54) is 0 Å². The van der Waals surface area contributed by atoms with Gasteiger partial charge >= 0.3 is 18.1 Å². The first-order valence-corrected chi connectivity index (χ1v) is 6.48.